The van der Waals surface area contributed by atoms with Gasteiger partial charge in [-0.2, -0.15) is 0 Å². The van der Waals surface area contributed by atoms with E-state index in [0.29, 0.717) is 4.77 Å². The van der Waals surface area contributed by atoms with Gasteiger partial charge in [0.15, 0.2) is 4.77 Å². The van der Waals surface area contributed by atoms with Crippen molar-refractivity contribution < 1.29 is 0 Å². The van der Waals surface area contributed by atoms with Gasteiger partial charge in [-0.15, -0.1) is 0 Å². The molecule has 1 atom stereocenters. The van der Waals surface area contributed by atoms with E-state index in [-0.39, 0.29) is 11.5 Å². The van der Waals surface area contributed by atoms with Crippen LogP contribution in [0.25, 0.3) is 0 Å². The van der Waals surface area contributed by atoms with Crippen molar-refractivity contribution in [1.82, 2.24) is 9.97 Å². The minimum Gasteiger partial charge on any atom is -0.336 e. The van der Waals surface area contributed by atoms with E-state index in [9.17, 15) is 4.79 Å². The van der Waals surface area contributed by atoms with E-state index in [1.807, 2.05) is 13.8 Å². The molecule has 1 rings (SSSR count). The number of aryl methyl sites for hydroxylation is 1. The van der Waals surface area contributed by atoms with Crippen LogP contribution in [0.3, 0.4) is 0 Å². The second kappa shape index (κ2) is 3.87. The molecule has 0 aromatic carbocycles. The highest BCUT2D eigenvalue weighted by Crippen LogP contribution is 2.16. The molecule has 72 valence electrons. The van der Waals surface area contributed by atoms with Crippen molar-refractivity contribution in [2.45, 2.75) is 33.1 Å². The third kappa shape index (κ3) is 2.06. The first kappa shape index (κ1) is 10.2. The molecule has 1 aromatic heterocycles. The largest absolute Gasteiger partial charge is 0.336 e. The van der Waals surface area contributed by atoms with Gasteiger partial charge in [0.05, 0.1) is 0 Å². The third-order valence-corrected chi connectivity index (χ3v) is 2.49. The zero-order valence-electron chi connectivity index (χ0n) is 8.10. The Morgan fingerprint density at radius 2 is 2.08 bits per heavy atom. The summed E-state index contributed by atoms with van der Waals surface area (Å²) in [7, 11) is 0. The fourth-order valence-electron chi connectivity index (χ4n) is 1.41. The number of aromatic amines is 2. The number of hydrogen-bond donors (Lipinski definition) is 2. The highest BCUT2D eigenvalue weighted by atomic mass is 32.1. The fourth-order valence-corrected chi connectivity index (χ4v) is 1.65. The van der Waals surface area contributed by atoms with Crippen LogP contribution in [-0.4, -0.2) is 9.97 Å². The van der Waals surface area contributed by atoms with Gasteiger partial charge in [-0.1, -0.05) is 13.8 Å². The Morgan fingerprint density at radius 3 is 2.54 bits per heavy atom. The van der Waals surface area contributed by atoms with E-state index < -0.39 is 0 Å². The van der Waals surface area contributed by atoms with Crippen molar-refractivity contribution in [3.63, 3.8) is 0 Å². The molecule has 4 heteroatoms. The summed E-state index contributed by atoms with van der Waals surface area (Å²) in [6.45, 7) is 5.98. The average molecular weight is 198 g/mol. The van der Waals surface area contributed by atoms with Crippen LogP contribution < -0.4 is 5.56 Å². The van der Waals surface area contributed by atoms with E-state index in [1.54, 1.807) is 0 Å². The average Bonchev–Trinajstić information content (AvgIpc) is 2.02. The predicted octanol–water partition coefficient (Wildman–Crippen LogP) is 2.25. The van der Waals surface area contributed by atoms with Crippen LogP contribution in [0.4, 0.5) is 0 Å². The molecule has 0 radical (unpaired) electrons. The Hall–Kier alpha value is -0.900. The van der Waals surface area contributed by atoms with Crippen LogP contribution in [0.15, 0.2) is 4.79 Å². The zero-order valence-corrected chi connectivity index (χ0v) is 8.92. The lowest BCUT2D eigenvalue weighted by Gasteiger charge is -2.10. The van der Waals surface area contributed by atoms with Crippen LogP contribution in [0.1, 0.15) is 37.4 Å². The SMILES string of the molecule is CCC(C)c1c(C)[nH]c(=S)[nH]c1=O. The van der Waals surface area contributed by atoms with Crippen molar-refractivity contribution in [3.05, 3.63) is 26.4 Å². The molecule has 3 nitrogen and oxygen atoms in total. The zero-order chi connectivity index (χ0) is 10.0. The summed E-state index contributed by atoms with van der Waals surface area (Å²) < 4.78 is 0.398. The van der Waals surface area contributed by atoms with Gasteiger partial charge in [-0.25, -0.2) is 0 Å². The minimum absolute atomic E-state index is 0.0596. The Kier molecular flexibility index (Phi) is 3.03. The topological polar surface area (TPSA) is 48.6 Å². The van der Waals surface area contributed by atoms with E-state index >= 15 is 0 Å². The van der Waals surface area contributed by atoms with Gasteiger partial charge in [-0.3, -0.25) is 9.78 Å². The van der Waals surface area contributed by atoms with Gasteiger partial charge in [0.2, 0.25) is 0 Å². The van der Waals surface area contributed by atoms with E-state index in [2.05, 4.69) is 16.9 Å². The van der Waals surface area contributed by atoms with Crippen LogP contribution >= 0.6 is 12.2 Å². The van der Waals surface area contributed by atoms with Crippen molar-refractivity contribution in [3.8, 4) is 0 Å². The maximum absolute atomic E-state index is 11.5. The number of rotatable bonds is 2. The van der Waals surface area contributed by atoms with E-state index in [4.69, 9.17) is 12.2 Å². The molecule has 0 aliphatic heterocycles. The van der Waals surface area contributed by atoms with Crippen molar-refractivity contribution in [2.24, 2.45) is 0 Å². The van der Waals surface area contributed by atoms with Crippen LogP contribution in [0.2, 0.25) is 0 Å². The van der Waals surface area contributed by atoms with Crippen molar-refractivity contribution in [1.29, 1.82) is 0 Å². The molecular weight excluding hydrogens is 184 g/mol. The van der Waals surface area contributed by atoms with E-state index in [1.165, 1.54) is 0 Å². The number of nitrogens with one attached hydrogen (secondary N) is 2. The number of H-pyrrole nitrogens is 2. The third-order valence-electron chi connectivity index (χ3n) is 2.28. The van der Waals surface area contributed by atoms with E-state index in [0.717, 1.165) is 17.7 Å². The second-order valence-corrected chi connectivity index (χ2v) is 3.66. The van der Waals surface area contributed by atoms with Crippen molar-refractivity contribution in [2.75, 3.05) is 0 Å². The molecular formula is C9H14N2OS. The van der Waals surface area contributed by atoms with Gasteiger partial charge in [0.1, 0.15) is 0 Å². The van der Waals surface area contributed by atoms with Gasteiger partial charge in [0, 0.05) is 11.3 Å². The first-order valence-electron chi connectivity index (χ1n) is 4.39. The lowest BCUT2D eigenvalue weighted by atomic mass is 9.99. The second-order valence-electron chi connectivity index (χ2n) is 3.26. The molecule has 1 aromatic rings. The van der Waals surface area contributed by atoms with Crippen LogP contribution in [-0.2, 0) is 0 Å². The molecule has 0 aliphatic rings. The minimum atomic E-state index is -0.0596. The molecule has 0 amide bonds. The quantitative estimate of drug-likeness (QED) is 0.716. The molecule has 0 spiro atoms. The Morgan fingerprint density at radius 1 is 1.46 bits per heavy atom. The lowest BCUT2D eigenvalue weighted by Crippen LogP contribution is -2.18. The van der Waals surface area contributed by atoms with Gasteiger partial charge in [0.25, 0.3) is 5.56 Å². The standard InChI is InChI=1S/C9H14N2OS/c1-4-5(2)7-6(3)10-9(13)11-8(7)12/h5H,4H2,1-3H3,(H2,10,11,12,13). The summed E-state index contributed by atoms with van der Waals surface area (Å²) in [6, 6.07) is 0. The Bertz CT molecular complexity index is 405. The fraction of sp³-hybridized carbons (Fsp3) is 0.556. The molecule has 1 heterocycles. The molecule has 0 saturated heterocycles. The lowest BCUT2D eigenvalue weighted by molar-refractivity contribution is 0.706. The molecule has 0 aliphatic carbocycles. The molecule has 2 N–H and O–H groups in total. The summed E-state index contributed by atoms with van der Waals surface area (Å²) >= 11 is 4.86. The molecule has 1 unspecified atom stereocenters. The monoisotopic (exact) mass is 198 g/mol. The Balaban J connectivity index is 3.37. The summed E-state index contributed by atoms with van der Waals surface area (Å²) in [6.07, 6.45) is 0.953. The maximum Gasteiger partial charge on any atom is 0.255 e. The number of hydrogen-bond acceptors (Lipinski definition) is 2. The molecule has 13 heavy (non-hydrogen) atoms. The van der Waals surface area contributed by atoms with Crippen LogP contribution in [0.5, 0.6) is 0 Å². The summed E-state index contributed by atoms with van der Waals surface area (Å²) in [5, 5.41) is 0. The predicted molar refractivity (Wildman–Crippen MR) is 55.7 cm³/mol. The highest BCUT2D eigenvalue weighted by Gasteiger charge is 2.10. The molecule has 0 saturated carbocycles. The molecule has 0 fully saturated rings. The maximum atomic E-state index is 11.5. The first-order chi connectivity index (χ1) is 6.06. The van der Waals surface area contributed by atoms with Crippen LogP contribution in [0, 0.1) is 11.7 Å². The van der Waals surface area contributed by atoms with Crippen molar-refractivity contribution >= 4 is 12.2 Å². The first-order valence-corrected chi connectivity index (χ1v) is 4.80. The smallest absolute Gasteiger partial charge is 0.255 e. The molecule has 0 bridgehead atoms. The number of aromatic nitrogens is 2. The van der Waals surface area contributed by atoms with Gasteiger partial charge >= 0.3 is 0 Å². The summed E-state index contributed by atoms with van der Waals surface area (Å²) in [5.41, 5.74) is 1.63. The highest BCUT2D eigenvalue weighted by molar-refractivity contribution is 7.71. The van der Waals surface area contributed by atoms with Gasteiger partial charge < -0.3 is 4.98 Å². The normalized spacial score (nSPS) is 12.8. The summed E-state index contributed by atoms with van der Waals surface area (Å²) in [4.78, 5) is 17.1. The van der Waals surface area contributed by atoms with Gasteiger partial charge in [-0.05, 0) is 31.5 Å². The summed E-state index contributed by atoms with van der Waals surface area (Å²) in [5.74, 6) is 0.274. The Labute approximate surface area is 82.2 Å².